The number of hydrogen-bond acceptors (Lipinski definition) is 4. The van der Waals surface area contributed by atoms with Gasteiger partial charge in [-0.05, 0) is 24.1 Å². The number of halogens is 1. The van der Waals surface area contributed by atoms with E-state index in [2.05, 4.69) is 5.32 Å². The number of aliphatic hydroxyl groups is 1. The fourth-order valence-electron chi connectivity index (χ4n) is 2.32. The van der Waals surface area contributed by atoms with E-state index >= 15 is 0 Å². The number of morpholine rings is 1. The number of hydrogen-bond donors (Lipinski definition) is 2. The van der Waals surface area contributed by atoms with Gasteiger partial charge in [0.1, 0.15) is 5.82 Å². The monoisotopic (exact) mass is 282 g/mol. The lowest BCUT2D eigenvalue weighted by Gasteiger charge is -2.29. The Balaban J connectivity index is 1.98. The van der Waals surface area contributed by atoms with Gasteiger partial charge < -0.3 is 20.1 Å². The van der Waals surface area contributed by atoms with E-state index in [1.807, 2.05) is 24.0 Å². The Bertz CT molecular complexity index is 418. The van der Waals surface area contributed by atoms with Crippen molar-refractivity contribution in [2.75, 3.05) is 37.8 Å². The normalized spacial score (nSPS) is 17.2. The van der Waals surface area contributed by atoms with Gasteiger partial charge in [-0.2, -0.15) is 0 Å². The number of anilines is 1. The largest absolute Gasteiger partial charge is 0.395 e. The van der Waals surface area contributed by atoms with Gasteiger partial charge in [-0.1, -0.05) is 13.0 Å². The molecule has 0 radical (unpaired) electrons. The Labute approximate surface area is 119 Å². The number of nitrogens with zero attached hydrogens (tertiary/aromatic N) is 1. The molecule has 20 heavy (non-hydrogen) atoms. The Morgan fingerprint density at radius 3 is 2.75 bits per heavy atom. The van der Waals surface area contributed by atoms with Crippen LogP contribution in [0, 0.1) is 5.82 Å². The van der Waals surface area contributed by atoms with E-state index in [1.165, 1.54) is 0 Å². The zero-order valence-electron chi connectivity index (χ0n) is 11.9. The van der Waals surface area contributed by atoms with Crippen molar-refractivity contribution in [1.29, 1.82) is 0 Å². The summed E-state index contributed by atoms with van der Waals surface area (Å²) in [6.07, 6.45) is 0.852. The number of ether oxygens (including phenoxy) is 1. The molecule has 0 aliphatic carbocycles. The Morgan fingerprint density at radius 2 is 2.15 bits per heavy atom. The third-order valence-corrected chi connectivity index (χ3v) is 3.67. The quantitative estimate of drug-likeness (QED) is 0.830. The Morgan fingerprint density at radius 1 is 1.40 bits per heavy atom. The average Bonchev–Trinajstić information content (AvgIpc) is 2.49. The highest BCUT2D eigenvalue weighted by atomic mass is 19.1. The van der Waals surface area contributed by atoms with Crippen LogP contribution in [0.25, 0.3) is 0 Å². The van der Waals surface area contributed by atoms with Crippen molar-refractivity contribution in [2.45, 2.75) is 25.9 Å². The predicted molar refractivity (Wildman–Crippen MR) is 77.4 cm³/mol. The maximum absolute atomic E-state index is 14.2. The Hall–Kier alpha value is -1.17. The molecule has 0 bridgehead atoms. The molecule has 1 aromatic carbocycles. The minimum atomic E-state index is -0.191. The van der Waals surface area contributed by atoms with Gasteiger partial charge in [0.05, 0.1) is 25.5 Å². The first-order valence-electron chi connectivity index (χ1n) is 7.20. The van der Waals surface area contributed by atoms with Gasteiger partial charge in [-0.25, -0.2) is 4.39 Å². The minimum Gasteiger partial charge on any atom is -0.395 e. The fraction of sp³-hybridized carbons (Fsp3) is 0.600. The first-order valence-corrected chi connectivity index (χ1v) is 7.20. The number of rotatable bonds is 6. The van der Waals surface area contributed by atoms with Crippen molar-refractivity contribution in [3.63, 3.8) is 0 Å². The molecule has 1 aliphatic rings. The fourth-order valence-corrected chi connectivity index (χ4v) is 2.32. The van der Waals surface area contributed by atoms with Crippen LogP contribution in [-0.2, 0) is 11.3 Å². The molecule has 1 saturated heterocycles. The maximum Gasteiger partial charge on any atom is 0.146 e. The van der Waals surface area contributed by atoms with E-state index in [0.717, 1.165) is 25.1 Å². The van der Waals surface area contributed by atoms with Crippen LogP contribution in [0.5, 0.6) is 0 Å². The SMILES string of the molecule is CCC(CO)NCc1ccc(N2CCOCC2)c(F)c1. The smallest absolute Gasteiger partial charge is 0.146 e. The molecular formula is C15H23FN2O2. The summed E-state index contributed by atoms with van der Waals surface area (Å²) in [6.45, 7) is 5.45. The van der Waals surface area contributed by atoms with Crippen molar-refractivity contribution < 1.29 is 14.2 Å². The highest BCUT2D eigenvalue weighted by molar-refractivity contribution is 5.49. The molecule has 0 spiro atoms. The second kappa shape index (κ2) is 7.57. The molecule has 1 aromatic rings. The molecule has 112 valence electrons. The van der Waals surface area contributed by atoms with Gasteiger partial charge in [0, 0.05) is 25.7 Å². The van der Waals surface area contributed by atoms with Crippen molar-refractivity contribution >= 4 is 5.69 Å². The number of nitrogens with one attached hydrogen (secondary N) is 1. The maximum atomic E-state index is 14.2. The average molecular weight is 282 g/mol. The zero-order valence-corrected chi connectivity index (χ0v) is 11.9. The molecule has 4 nitrogen and oxygen atoms in total. The summed E-state index contributed by atoms with van der Waals surface area (Å²) < 4.78 is 19.4. The third-order valence-electron chi connectivity index (χ3n) is 3.67. The summed E-state index contributed by atoms with van der Waals surface area (Å²) in [7, 11) is 0. The summed E-state index contributed by atoms with van der Waals surface area (Å²) >= 11 is 0. The molecular weight excluding hydrogens is 259 g/mol. The van der Waals surface area contributed by atoms with E-state index in [9.17, 15) is 4.39 Å². The topological polar surface area (TPSA) is 44.7 Å². The van der Waals surface area contributed by atoms with Crippen molar-refractivity contribution in [3.8, 4) is 0 Å². The van der Waals surface area contributed by atoms with E-state index in [4.69, 9.17) is 9.84 Å². The van der Waals surface area contributed by atoms with Crippen LogP contribution < -0.4 is 10.2 Å². The highest BCUT2D eigenvalue weighted by Crippen LogP contribution is 2.21. The van der Waals surface area contributed by atoms with Crippen LogP contribution in [0.3, 0.4) is 0 Å². The van der Waals surface area contributed by atoms with Gasteiger partial charge in [-0.15, -0.1) is 0 Å². The molecule has 1 unspecified atom stereocenters. The molecule has 0 saturated carbocycles. The van der Waals surface area contributed by atoms with E-state index < -0.39 is 0 Å². The lowest BCUT2D eigenvalue weighted by atomic mass is 10.1. The van der Waals surface area contributed by atoms with Crippen LogP contribution in [0.4, 0.5) is 10.1 Å². The zero-order chi connectivity index (χ0) is 14.4. The van der Waals surface area contributed by atoms with Crippen LogP contribution in [0.1, 0.15) is 18.9 Å². The molecule has 0 aromatic heterocycles. The van der Waals surface area contributed by atoms with E-state index in [0.29, 0.717) is 25.4 Å². The summed E-state index contributed by atoms with van der Waals surface area (Å²) in [4.78, 5) is 2.01. The molecule has 2 N–H and O–H groups in total. The van der Waals surface area contributed by atoms with E-state index in [-0.39, 0.29) is 18.5 Å². The third kappa shape index (κ3) is 3.91. The predicted octanol–water partition coefficient (Wildman–Crippen LogP) is 1.52. The van der Waals surface area contributed by atoms with Gasteiger partial charge in [-0.3, -0.25) is 0 Å². The lowest BCUT2D eigenvalue weighted by Crippen LogP contribution is -2.36. The molecule has 1 fully saturated rings. The summed E-state index contributed by atoms with van der Waals surface area (Å²) in [5.74, 6) is -0.191. The van der Waals surface area contributed by atoms with Gasteiger partial charge in [0.15, 0.2) is 0 Å². The second-order valence-electron chi connectivity index (χ2n) is 5.05. The molecule has 1 heterocycles. The molecule has 0 amide bonds. The van der Waals surface area contributed by atoms with Gasteiger partial charge in [0.25, 0.3) is 0 Å². The number of aliphatic hydroxyl groups excluding tert-OH is 1. The Kier molecular flexibility index (Phi) is 5.76. The summed E-state index contributed by atoms with van der Waals surface area (Å²) in [5, 5.41) is 12.3. The first-order chi connectivity index (χ1) is 9.74. The molecule has 1 aliphatic heterocycles. The van der Waals surface area contributed by atoms with Gasteiger partial charge >= 0.3 is 0 Å². The van der Waals surface area contributed by atoms with Gasteiger partial charge in [0.2, 0.25) is 0 Å². The van der Waals surface area contributed by atoms with Crippen LogP contribution in [0.2, 0.25) is 0 Å². The molecule has 1 atom stereocenters. The summed E-state index contributed by atoms with van der Waals surface area (Å²) in [6, 6.07) is 5.40. The second-order valence-corrected chi connectivity index (χ2v) is 5.05. The van der Waals surface area contributed by atoms with E-state index in [1.54, 1.807) is 6.07 Å². The van der Waals surface area contributed by atoms with Crippen molar-refractivity contribution in [3.05, 3.63) is 29.6 Å². The first kappa shape index (κ1) is 15.2. The van der Waals surface area contributed by atoms with Crippen molar-refractivity contribution in [1.82, 2.24) is 5.32 Å². The highest BCUT2D eigenvalue weighted by Gasteiger charge is 2.15. The van der Waals surface area contributed by atoms with Crippen LogP contribution in [-0.4, -0.2) is 44.1 Å². The van der Waals surface area contributed by atoms with Crippen LogP contribution in [0.15, 0.2) is 18.2 Å². The van der Waals surface area contributed by atoms with Crippen molar-refractivity contribution in [2.24, 2.45) is 0 Å². The minimum absolute atomic E-state index is 0.0666. The van der Waals surface area contributed by atoms with Crippen LogP contribution >= 0.6 is 0 Å². The lowest BCUT2D eigenvalue weighted by molar-refractivity contribution is 0.122. The number of benzene rings is 1. The molecule has 5 heteroatoms. The summed E-state index contributed by atoms with van der Waals surface area (Å²) in [5.41, 5.74) is 1.54. The molecule has 2 rings (SSSR count). The standard InChI is InChI=1S/C15H23FN2O2/c1-2-13(11-19)17-10-12-3-4-15(14(16)9-12)18-5-7-20-8-6-18/h3-4,9,13,17,19H,2,5-8,10-11H2,1H3.